The number of amides is 1. The number of hydrogen-bond donors (Lipinski definition) is 2. The maximum atomic E-state index is 11.2. The number of likely N-dealkylation sites (N-methyl/N-ethyl adjacent to an activating group) is 1. The SMILES string of the molecule is CCNC(=O)CN1CC(N)(C2CC2)C1. The summed E-state index contributed by atoms with van der Waals surface area (Å²) < 4.78 is 0. The van der Waals surface area contributed by atoms with Gasteiger partial charge in [0.1, 0.15) is 0 Å². The van der Waals surface area contributed by atoms with Gasteiger partial charge in [0.2, 0.25) is 5.91 Å². The van der Waals surface area contributed by atoms with Crippen molar-refractivity contribution in [1.82, 2.24) is 10.2 Å². The van der Waals surface area contributed by atoms with E-state index in [1.807, 2.05) is 6.92 Å². The Balaban J connectivity index is 1.69. The zero-order valence-electron chi connectivity index (χ0n) is 8.75. The largest absolute Gasteiger partial charge is 0.355 e. The topological polar surface area (TPSA) is 58.4 Å². The normalized spacial score (nSPS) is 25.6. The predicted molar refractivity (Wildman–Crippen MR) is 54.8 cm³/mol. The Bertz CT molecular complexity index is 232. The summed E-state index contributed by atoms with van der Waals surface area (Å²) >= 11 is 0. The summed E-state index contributed by atoms with van der Waals surface area (Å²) in [6.07, 6.45) is 2.57. The van der Waals surface area contributed by atoms with Crippen LogP contribution in [0.15, 0.2) is 0 Å². The summed E-state index contributed by atoms with van der Waals surface area (Å²) in [5.41, 5.74) is 6.21. The Hall–Kier alpha value is -0.610. The minimum absolute atomic E-state index is 0.0342. The second-order valence-corrected chi connectivity index (χ2v) is 4.61. The lowest BCUT2D eigenvalue weighted by Gasteiger charge is -2.48. The van der Waals surface area contributed by atoms with Gasteiger partial charge in [0.15, 0.2) is 0 Å². The van der Waals surface area contributed by atoms with E-state index in [0.29, 0.717) is 13.1 Å². The smallest absolute Gasteiger partial charge is 0.234 e. The van der Waals surface area contributed by atoms with Crippen LogP contribution in [0.5, 0.6) is 0 Å². The average molecular weight is 197 g/mol. The molecule has 80 valence electrons. The van der Waals surface area contributed by atoms with E-state index in [1.165, 1.54) is 12.8 Å². The van der Waals surface area contributed by atoms with Gasteiger partial charge >= 0.3 is 0 Å². The van der Waals surface area contributed by atoms with Gasteiger partial charge in [-0.15, -0.1) is 0 Å². The van der Waals surface area contributed by atoms with Gasteiger partial charge in [0, 0.05) is 25.2 Å². The van der Waals surface area contributed by atoms with E-state index in [1.54, 1.807) is 0 Å². The van der Waals surface area contributed by atoms with Crippen LogP contribution in [0.25, 0.3) is 0 Å². The fourth-order valence-electron chi connectivity index (χ4n) is 2.27. The summed E-state index contributed by atoms with van der Waals surface area (Å²) in [6, 6.07) is 0. The minimum Gasteiger partial charge on any atom is -0.355 e. The van der Waals surface area contributed by atoms with Crippen molar-refractivity contribution in [3.8, 4) is 0 Å². The molecular formula is C10H19N3O. The van der Waals surface area contributed by atoms with Crippen LogP contribution >= 0.6 is 0 Å². The molecule has 1 amide bonds. The van der Waals surface area contributed by atoms with Crippen molar-refractivity contribution in [2.75, 3.05) is 26.2 Å². The standard InChI is InChI=1S/C10H19N3O/c1-2-12-9(14)5-13-6-10(11,7-13)8-3-4-8/h8H,2-7,11H2,1H3,(H,12,14). The summed E-state index contributed by atoms with van der Waals surface area (Å²) in [5.74, 6) is 0.846. The van der Waals surface area contributed by atoms with Crippen LogP contribution in [0.3, 0.4) is 0 Å². The maximum Gasteiger partial charge on any atom is 0.234 e. The van der Waals surface area contributed by atoms with E-state index in [4.69, 9.17) is 5.73 Å². The van der Waals surface area contributed by atoms with Crippen LogP contribution in [0, 0.1) is 5.92 Å². The van der Waals surface area contributed by atoms with E-state index in [-0.39, 0.29) is 11.4 Å². The highest BCUT2D eigenvalue weighted by Gasteiger charge is 2.50. The number of carbonyl (C=O) groups excluding carboxylic acids is 1. The van der Waals surface area contributed by atoms with Crippen LogP contribution in [0.1, 0.15) is 19.8 Å². The first-order chi connectivity index (χ1) is 6.64. The quantitative estimate of drug-likeness (QED) is 0.641. The van der Waals surface area contributed by atoms with E-state index in [2.05, 4.69) is 10.2 Å². The molecule has 3 N–H and O–H groups in total. The number of rotatable bonds is 4. The molecule has 0 unspecified atom stereocenters. The number of nitrogens with one attached hydrogen (secondary N) is 1. The van der Waals surface area contributed by atoms with Crippen molar-refractivity contribution < 1.29 is 4.79 Å². The molecule has 2 fully saturated rings. The molecule has 0 spiro atoms. The van der Waals surface area contributed by atoms with Gasteiger partial charge in [-0.05, 0) is 25.7 Å². The fourth-order valence-corrected chi connectivity index (χ4v) is 2.27. The summed E-state index contributed by atoms with van der Waals surface area (Å²) in [5, 5.41) is 2.80. The Labute approximate surface area is 84.8 Å². The number of nitrogens with two attached hydrogens (primary N) is 1. The Morgan fingerprint density at radius 3 is 2.71 bits per heavy atom. The molecule has 1 saturated heterocycles. The van der Waals surface area contributed by atoms with Crippen LogP contribution in [0.4, 0.5) is 0 Å². The zero-order chi connectivity index (χ0) is 10.2. The molecule has 4 heteroatoms. The van der Waals surface area contributed by atoms with E-state index in [9.17, 15) is 4.79 Å². The highest BCUT2D eigenvalue weighted by atomic mass is 16.2. The molecule has 14 heavy (non-hydrogen) atoms. The first-order valence-corrected chi connectivity index (χ1v) is 5.42. The highest BCUT2D eigenvalue weighted by molar-refractivity contribution is 5.78. The molecule has 0 aromatic rings. The minimum atomic E-state index is 0.0342. The molecule has 2 aliphatic rings. The van der Waals surface area contributed by atoms with Gasteiger partial charge < -0.3 is 11.1 Å². The second-order valence-electron chi connectivity index (χ2n) is 4.61. The Morgan fingerprint density at radius 2 is 2.21 bits per heavy atom. The molecule has 4 nitrogen and oxygen atoms in total. The molecule has 0 bridgehead atoms. The molecule has 0 aromatic carbocycles. The van der Waals surface area contributed by atoms with Gasteiger partial charge in [0.25, 0.3) is 0 Å². The third kappa shape index (κ3) is 1.91. The van der Waals surface area contributed by atoms with Crippen molar-refractivity contribution in [3.05, 3.63) is 0 Å². The van der Waals surface area contributed by atoms with Crippen LogP contribution in [-0.2, 0) is 4.79 Å². The number of hydrogen-bond acceptors (Lipinski definition) is 3. The zero-order valence-corrected chi connectivity index (χ0v) is 8.75. The van der Waals surface area contributed by atoms with Crippen molar-refractivity contribution in [2.45, 2.75) is 25.3 Å². The molecule has 1 aliphatic heterocycles. The van der Waals surface area contributed by atoms with Crippen LogP contribution in [0.2, 0.25) is 0 Å². The molecule has 0 atom stereocenters. The van der Waals surface area contributed by atoms with E-state index in [0.717, 1.165) is 19.0 Å². The van der Waals surface area contributed by atoms with Gasteiger partial charge in [0.05, 0.1) is 6.54 Å². The summed E-state index contributed by atoms with van der Waals surface area (Å²) in [7, 11) is 0. The molecule has 1 heterocycles. The average Bonchev–Trinajstić information content (AvgIpc) is 2.83. The summed E-state index contributed by atoms with van der Waals surface area (Å²) in [6.45, 7) is 4.96. The monoisotopic (exact) mass is 197 g/mol. The molecule has 2 rings (SSSR count). The highest BCUT2D eigenvalue weighted by Crippen LogP contribution is 2.42. The van der Waals surface area contributed by atoms with Crippen molar-refractivity contribution in [3.63, 3.8) is 0 Å². The third-order valence-electron chi connectivity index (χ3n) is 3.17. The van der Waals surface area contributed by atoms with E-state index >= 15 is 0 Å². The van der Waals surface area contributed by atoms with Crippen molar-refractivity contribution >= 4 is 5.91 Å². The lowest BCUT2D eigenvalue weighted by atomic mass is 9.86. The Kier molecular flexibility index (Phi) is 2.49. The Morgan fingerprint density at radius 1 is 1.57 bits per heavy atom. The lowest BCUT2D eigenvalue weighted by Crippen LogP contribution is -2.69. The third-order valence-corrected chi connectivity index (χ3v) is 3.17. The molecule has 0 radical (unpaired) electrons. The number of nitrogens with zero attached hydrogens (tertiary/aromatic N) is 1. The maximum absolute atomic E-state index is 11.2. The number of likely N-dealkylation sites (tertiary alicyclic amines) is 1. The fraction of sp³-hybridized carbons (Fsp3) is 0.900. The van der Waals surface area contributed by atoms with Crippen LogP contribution < -0.4 is 11.1 Å². The van der Waals surface area contributed by atoms with Gasteiger partial charge in [-0.1, -0.05) is 0 Å². The van der Waals surface area contributed by atoms with Crippen LogP contribution in [-0.4, -0.2) is 42.5 Å². The first kappa shape index (κ1) is 9.93. The molecular weight excluding hydrogens is 178 g/mol. The van der Waals surface area contributed by atoms with Crippen molar-refractivity contribution in [2.24, 2.45) is 11.7 Å². The molecule has 1 saturated carbocycles. The number of carbonyl (C=O) groups is 1. The second kappa shape index (κ2) is 3.51. The molecule has 0 aromatic heterocycles. The molecule has 1 aliphatic carbocycles. The summed E-state index contributed by atoms with van der Waals surface area (Å²) in [4.78, 5) is 13.4. The first-order valence-electron chi connectivity index (χ1n) is 5.42. The van der Waals surface area contributed by atoms with Gasteiger partial charge in [-0.2, -0.15) is 0 Å². The van der Waals surface area contributed by atoms with Gasteiger partial charge in [-0.25, -0.2) is 0 Å². The van der Waals surface area contributed by atoms with E-state index < -0.39 is 0 Å². The predicted octanol–water partition coefficient (Wildman–Crippen LogP) is -0.454. The van der Waals surface area contributed by atoms with Crippen molar-refractivity contribution in [1.29, 1.82) is 0 Å². The lowest BCUT2D eigenvalue weighted by molar-refractivity contribution is -0.124. The van der Waals surface area contributed by atoms with Gasteiger partial charge in [-0.3, -0.25) is 9.69 Å².